The van der Waals surface area contributed by atoms with Gasteiger partial charge in [-0.2, -0.15) is 0 Å². The standard InChI is InChI=1S/C12H17N5O/c1-4-17-11(9(3)13)15-16-12(17)18-10-7-5-6-8(2)14-10/h5-7,9H,4,13H2,1-3H3/t9-/m1/s1. The Balaban J connectivity index is 2.29. The maximum atomic E-state index is 5.83. The van der Waals surface area contributed by atoms with Gasteiger partial charge in [0.15, 0.2) is 5.82 Å². The van der Waals surface area contributed by atoms with E-state index in [2.05, 4.69) is 15.2 Å². The van der Waals surface area contributed by atoms with E-state index in [1.165, 1.54) is 0 Å². The number of hydrogen-bond donors (Lipinski definition) is 1. The molecule has 0 fully saturated rings. The van der Waals surface area contributed by atoms with E-state index in [9.17, 15) is 0 Å². The summed E-state index contributed by atoms with van der Waals surface area (Å²) in [6, 6.07) is 5.82. The quantitative estimate of drug-likeness (QED) is 0.891. The Hall–Kier alpha value is -1.95. The Morgan fingerprint density at radius 2 is 2.17 bits per heavy atom. The smallest absolute Gasteiger partial charge is 0.323 e. The lowest BCUT2D eigenvalue weighted by molar-refractivity contribution is 0.394. The van der Waals surface area contributed by atoms with Crippen molar-refractivity contribution >= 4 is 0 Å². The molecule has 2 N–H and O–H groups in total. The summed E-state index contributed by atoms with van der Waals surface area (Å²) in [6.07, 6.45) is 0. The number of nitrogens with zero attached hydrogens (tertiary/aromatic N) is 4. The van der Waals surface area contributed by atoms with Crippen molar-refractivity contribution in [1.82, 2.24) is 19.7 Å². The van der Waals surface area contributed by atoms with E-state index in [0.717, 1.165) is 5.69 Å². The van der Waals surface area contributed by atoms with E-state index < -0.39 is 0 Å². The Labute approximate surface area is 106 Å². The van der Waals surface area contributed by atoms with Gasteiger partial charge in [-0.25, -0.2) is 4.98 Å². The van der Waals surface area contributed by atoms with Gasteiger partial charge in [0.1, 0.15) is 0 Å². The average Bonchev–Trinajstić information content (AvgIpc) is 2.72. The maximum Gasteiger partial charge on any atom is 0.323 e. The molecule has 2 aromatic rings. The first-order valence-electron chi connectivity index (χ1n) is 5.92. The van der Waals surface area contributed by atoms with E-state index >= 15 is 0 Å². The fourth-order valence-corrected chi connectivity index (χ4v) is 1.68. The van der Waals surface area contributed by atoms with Crippen LogP contribution in [0.15, 0.2) is 18.2 Å². The van der Waals surface area contributed by atoms with E-state index in [0.29, 0.717) is 24.3 Å². The van der Waals surface area contributed by atoms with Crippen LogP contribution in [0.5, 0.6) is 11.9 Å². The summed E-state index contributed by atoms with van der Waals surface area (Å²) in [4.78, 5) is 4.26. The van der Waals surface area contributed by atoms with E-state index in [-0.39, 0.29) is 6.04 Å². The highest BCUT2D eigenvalue weighted by Crippen LogP contribution is 2.20. The zero-order chi connectivity index (χ0) is 13.1. The molecule has 0 unspecified atom stereocenters. The average molecular weight is 247 g/mol. The third-order valence-corrected chi connectivity index (χ3v) is 2.53. The SMILES string of the molecule is CCn1c(Oc2cccc(C)n2)nnc1[C@@H](C)N. The van der Waals surface area contributed by atoms with Gasteiger partial charge < -0.3 is 10.5 Å². The molecule has 0 spiro atoms. The third kappa shape index (κ3) is 2.48. The zero-order valence-electron chi connectivity index (χ0n) is 10.8. The van der Waals surface area contributed by atoms with Crippen molar-refractivity contribution in [2.45, 2.75) is 33.4 Å². The number of aryl methyl sites for hydroxylation is 1. The number of hydrogen-bond acceptors (Lipinski definition) is 5. The summed E-state index contributed by atoms with van der Waals surface area (Å²) in [5.74, 6) is 1.22. The fraction of sp³-hybridized carbons (Fsp3) is 0.417. The van der Waals surface area contributed by atoms with Crippen molar-refractivity contribution in [2.24, 2.45) is 5.73 Å². The minimum absolute atomic E-state index is 0.180. The number of ether oxygens (including phenoxy) is 1. The topological polar surface area (TPSA) is 78.8 Å². The highest BCUT2D eigenvalue weighted by atomic mass is 16.5. The molecule has 18 heavy (non-hydrogen) atoms. The first-order valence-corrected chi connectivity index (χ1v) is 5.92. The Morgan fingerprint density at radius 3 is 2.78 bits per heavy atom. The normalized spacial score (nSPS) is 12.4. The number of rotatable bonds is 4. The van der Waals surface area contributed by atoms with Crippen LogP contribution in [-0.2, 0) is 6.54 Å². The van der Waals surface area contributed by atoms with Gasteiger partial charge in [0.2, 0.25) is 5.88 Å². The molecule has 96 valence electrons. The van der Waals surface area contributed by atoms with Crippen LogP contribution in [0.1, 0.15) is 31.4 Å². The summed E-state index contributed by atoms with van der Waals surface area (Å²) in [7, 11) is 0. The summed E-state index contributed by atoms with van der Waals surface area (Å²) in [6.45, 7) is 6.46. The molecular formula is C12H17N5O. The minimum Gasteiger partial charge on any atom is -0.405 e. The highest BCUT2D eigenvalue weighted by molar-refractivity contribution is 5.19. The van der Waals surface area contributed by atoms with Crippen molar-refractivity contribution in [3.8, 4) is 11.9 Å². The molecule has 0 aliphatic rings. The van der Waals surface area contributed by atoms with Crippen LogP contribution in [0.25, 0.3) is 0 Å². The maximum absolute atomic E-state index is 5.83. The van der Waals surface area contributed by atoms with Crippen LogP contribution in [0.2, 0.25) is 0 Å². The molecule has 0 aliphatic carbocycles. The molecule has 0 aromatic carbocycles. The predicted molar refractivity (Wildman–Crippen MR) is 67.3 cm³/mol. The van der Waals surface area contributed by atoms with Crippen LogP contribution in [0.3, 0.4) is 0 Å². The molecule has 6 heteroatoms. The lowest BCUT2D eigenvalue weighted by Crippen LogP contribution is -2.13. The van der Waals surface area contributed by atoms with Crippen LogP contribution < -0.4 is 10.5 Å². The zero-order valence-corrected chi connectivity index (χ0v) is 10.8. The van der Waals surface area contributed by atoms with Gasteiger partial charge in [0.05, 0.1) is 6.04 Å². The molecule has 6 nitrogen and oxygen atoms in total. The molecule has 0 radical (unpaired) electrons. The van der Waals surface area contributed by atoms with Gasteiger partial charge in [-0.15, -0.1) is 5.10 Å². The van der Waals surface area contributed by atoms with E-state index in [1.807, 2.05) is 37.5 Å². The molecule has 0 amide bonds. The van der Waals surface area contributed by atoms with Crippen molar-refractivity contribution < 1.29 is 4.74 Å². The molecule has 0 bridgehead atoms. The largest absolute Gasteiger partial charge is 0.405 e. The summed E-state index contributed by atoms with van der Waals surface area (Å²) < 4.78 is 7.48. The lowest BCUT2D eigenvalue weighted by atomic mass is 10.3. The monoisotopic (exact) mass is 247 g/mol. The van der Waals surface area contributed by atoms with Crippen molar-refractivity contribution in [2.75, 3.05) is 0 Å². The van der Waals surface area contributed by atoms with Gasteiger partial charge in [-0.1, -0.05) is 11.2 Å². The second-order valence-corrected chi connectivity index (χ2v) is 4.09. The van der Waals surface area contributed by atoms with Gasteiger partial charge in [-0.3, -0.25) is 4.57 Å². The van der Waals surface area contributed by atoms with Gasteiger partial charge >= 0.3 is 6.01 Å². The third-order valence-electron chi connectivity index (χ3n) is 2.53. The van der Waals surface area contributed by atoms with Gasteiger partial charge in [0, 0.05) is 18.3 Å². The number of nitrogens with two attached hydrogens (primary N) is 1. The molecule has 0 saturated carbocycles. The first kappa shape index (κ1) is 12.5. The molecule has 1 atom stereocenters. The van der Waals surface area contributed by atoms with Crippen molar-refractivity contribution in [3.63, 3.8) is 0 Å². The molecule has 2 aromatic heterocycles. The molecule has 0 saturated heterocycles. The molecule has 2 rings (SSSR count). The lowest BCUT2D eigenvalue weighted by Gasteiger charge is -2.09. The minimum atomic E-state index is -0.180. The van der Waals surface area contributed by atoms with Crippen LogP contribution >= 0.6 is 0 Å². The first-order chi connectivity index (χ1) is 8.61. The molecule has 2 heterocycles. The van der Waals surface area contributed by atoms with E-state index in [1.54, 1.807) is 6.07 Å². The van der Waals surface area contributed by atoms with Gasteiger partial charge in [-0.05, 0) is 26.8 Å². The van der Waals surface area contributed by atoms with E-state index in [4.69, 9.17) is 10.5 Å². The second kappa shape index (κ2) is 5.14. The summed E-state index contributed by atoms with van der Waals surface area (Å²) >= 11 is 0. The summed E-state index contributed by atoms with van der Waals surface area (Å²) in [5.41, 5.74) is 6.72. The Morgan fingerprint density at radius 1 is 1.39 bits per heavy atom. The predicted octanol–water partition coefficient (Wildman–Crippen LogP) is 1.81. The second-order valence-electron chi connectivity index (χ2n) is 4.09. The fourth-order valence-electron chi connectivity index (χ4n) is 1.68. The Bertz CT molecular complexity index is 535. The molecular weight excluding hydrogens is 230 g/mol. The van der Waals surface area contributed by atoms with Crippen LogP contribution in [0, 0.1) is 6.92 Å². The highest BCUT2D eigenvalue weighted by Gasteiger charge is 2.15. The summed E-state index contributed by atoms with van der Waals surface area (Å²) in [5, 5.41) is 8.04. The molecule has 0 aliphatic heterocycles. The number of aromatic nitrogens is 4. The van der Waals surface area contributed by atoms with Crippen molar-refractivity contribution in [1.29, 1.82) is 0 Å². The van der Waals surface area contributed by atoms with Crippen LogP contribution in [-0.4, -0.2) is 19.7 Å². The number of pyridine rings is 1. The Kier molecular flexibility index (Phi) is 3.57. The van der Waals surface area contributed by atoms with Crippen molar-refractivity contribution in [3.05, 3.63) is 29.7 Å². The van der Waals surface area contributed by atoms with Crippen LogP contribution in [0.4, 0.5) is 0 Å². The van der Waals surface area contributed by atoms with Gasteiger partial charge in [0.25, 0.3) is 0 Å².